The number of carbonyl (C=O) groups excluding carboxylic acids is 1. The maximum atomic E-state index is 12.2. The van der Waals surface area contributed by atoms with Crippen molar-refractivity contribution in [2.75, 3.05) is 18.0 Å². The van der Waals surface area contributed by atoms with Crippen molar-refractivity contribution in [3.8, 4) is 5.75 Å². The number of phenolic OH excluding ortho intramolecular Hbond substituents is 1. The molecule has 1 aromatic rings. The van der Waals surface area contributed by atoms with E-state index in [1.807, 2.05) is 0 Å². The molecule has 3 N–H and O–H groups in total. The van der Waals surface area contributed by atoms with Crippen molar-refractivity contribution < 1.29 is 19.8 Å². The van der Waals surface area contributed by atoms with Crippen LogP contribution in [0.15, 0.2) is 24.3 Å². The van der Waals surface area contributed by atoms with Crippen molar-refractivity contribution in [3.05, 3.63) is 24.3 Å². The summed E-state index contributed by atoms with van der Waals surface area (Å²) in [7, 11) is 0. The second-order valence-electron chi connectivity index (χ2n) is 5.14. The summed E-state index contributed by atoms with van der Waals surface area (Å²) in [6.07, 6.45) is 0.418. The molecule has 6 nitrogen and oxygen atoms in total. The molecule has 0 aromatic heterocycles. The second-order valence-corrected chi connectivity index (χ2v) is 5.14. The van der Waals surface area contributed by atoms with Crippen LogP contribution in [0.5, 0.6) is 5.75 Å². The van der Waals surface area contributed by atoms with E-state index in [9.17, 15) is 19.8 Å². The Morgan fingerprint density at radius 1 is 1.33 bits per heavy atom. The number of carboxylic acid groups (broad SMARTS) is 1. The number of aromatic hydroxyl groups is 1. The van der Waals surface area contributed by atoms with E-state index >= 15 is 0 Å². The van der Waals surface area contributed by atoms with E-state index in [-0.39, 0.29) is 18.3 Å². The van der Waals surface area contributed by atoms with Crippen LogP contribution >= 0.6 is 0 Å². The molecule has 116 valence electrons. The van der Waals surface area contributed by atoms with Gasteiger partial charge < -0.3 is 15.5 Å². The van der Waals surface area contributed by atoms with Gasteiger partial charge in [-0.1, -0.05) is 13.0 Å². The van der Waals surface area contributed by atoms with Crippen LogP contribution in [-0.4, -0.2) is 35.3 Å². The number of anilines is 1. The predicted molar refractivity (Wildman–Crippen MR) is 80.6 cm³/mol. The van der Waals surface area contributed by atoms with E-state index in [4.69, 9.17) is 0 Å². The first-order chi connectivity index (χ1) is 9.84. The molecule has 6 heteroatoms. The van der Waals surface area contributed by atoms with Crippen LogP contribution in [0.2, 0.25) is 0 Å². The molecule has 0 fully saturated rings. The Labute approximate surface area is 124 Å². The topological polar surface area (TPSA) is 89.9 Å². The third-order valence-electron chi connectivity index (χ3n) is 3.63. The molecule has 0 saturated heterocycles. The van der Waals surface area contributed by atoms with Gasteiger partial charge in [0.2, 0.25) is 0 Å². The SMILES string of the molecule is CCN(C(=O)NCC(C)(CC)C(=O)O)c1cccc(O)c1. The van der Waals surface area contributed by atoms with Crippen molar-refractivity contribution in [2.45, 2.75) is 27.2 Å². The smallest absolute Gasteiger partial charge is 0.321 e. The van der Waals surface area contributed by atoms with Crippen LogP contribution < -0.4 is 10.2 Å². The zero-order valence-corrected chi connectivity index (χ0v) is 12.6. The second kappa shape index (κ2) is 6.97. The first kappa shape index (κ1) is 16.8. The lowest BCUT2D eigenvalue weighted by Crippen LogP contribution is -2.46. The summed E-state index contributed by atoms with van der Waals surface area (Å²) in [5.41, 5.74) is -0.433. The van der Waals surface area contributed by atoms with E-state index in [0.717, 1.165) is 0 Å². The van der Waals surface area contributed by atoms with Crippen molar-refractivity contribution in [1.82, 2.24) is 5.32 Å². The van der Waals surface area contributed by atoms with Gasteiger partial charge in [0.1, 0.15) is 5.75 Å². The lowest BCUT2D eigenvalue weighted by atomic mass is 9.88. The van der Waals surface area contributed by atoms with Gasteiger partial charge >= 0.3 is 12.0 Å². The third kappa shape index (κ3) is 4.11. The maximum Gasteiger partial charge on any atom is 0.321 e. The quantitative estimate of drug-likeness (QED) is 0.751. The van der Waals surface area contributed by atoms with Crippen LogP contribution in [0.4, 0.5) is 10.5 Å². The van der Waals surface area contributed by atoms with Crippen LogP contribution in [-0.2, 0) is 4.79 Å². The standard InChI is InChI=1S/C15H22N2O4/c1-4-15(3,13(19)20)10-16-14(21)17(5-2)11-7-6-8-12(18)9-11/h6-9,18H,4-5,10H2,1-3H3,(H,16,21)(H,19,20). The highest BCUT2D eigenvalue weighted by molar-refractivity contribution is 5.92. The fourth-order valence-corrected chi connectivity index (χ4v) is 1.82. The fourth-order valence-electron chi connectivity index (χ4n) is 1.82. The molecule has 0 bridgehead atoms. The van der Waals surface area contributed by atoms with Crippen LogP contribution in [0.25, 0.3) is 0 Å². The predicted octanol–water partition coefficient (Wildman–Crippen LogP) is 2.43. The number of phenols is 1. The lowest BCUT2D eigenvalue weighted by Gasteiger charge is -2.27. The van der Waals surface area contributed by atoms with E-state index in [0.29, 0.717) is 18.7 Å². The molecule has 0 aliphatic heterocycles. The van der Waals surface area contributed by atoms with Crippen molar-refractivity contribution in [2.24, 2.45) is 5.41 Å². The summed E-state index contributed by atoms with van der Waals surface area (Å²) in [4.78, 5) is 24.9. The van der Waals surface area contributed by atoms with E-state index < -0.39 is 11.4 Å². The number of nitrogens with one attached hydrogen (secondary N) is 1. The van der Waals surface area contributed by atoms with Gasteiger partial charge in [-0.3, -0.25) is 9.69 Å². The van der Waals surface area contributed by atoms with Gasteiger partial charge in [-0.15, -0.1) is 0 Å². The highest BCUT2D eigenvalue weighted by Crippen LogP contribution is 2.22. The van der Waals surface area contributed by atoms with Gasteiger partial charge in [0.05, 0.1) is 5.41 Å². The van der Waals surface area contributed by atoms with Crippen LogP contribution in [0, 0.1) is 5.41 Å². The first-order valence-corrected chi connectivity index (χ1v) is 6.92. The van der Waals surface area contributed by atoms with Gasteiger partial charge in [0.25, 0.3) is 0 Å². The first-order valence-electron chi connectivity index (χ1n) is 6.92. The molecule has 0 aliphatic rings. The Bertz CT molecular complexity index is 518. The summed E-state index contributed by atoms with van der Waals surface area (Å²) < 4.78 is 0. The van der Waals surface area contributed by atoms with E-state index in [2.05, 4.69) is 5.32 Å². The maximum absolute atomic E-state index is 12.2. The lowest BCUT2D eigenvalue weighted by molar-refractivity contribution is -0.147. The number of benzene rings is 1. The average Bonchev–Trinajstić information content (AvgIpc) is 2.45. The van der Waals surface area contributed by atoms with Crippen LogP contribution in [0.3, 0.4) is 0 Å². The molecule has 0 radical (unpaired) electrons. The van der Waals surface area contributed by atoms with Crippen LogP contribution in [0.1, 0.15) is 27.2 Å². The molecule has 1 unspecified atom stereocenters. The molecule has 21 heavy (non-hydrogen) atoms. The Morgan fingerprint density at radius 2 is 2.00 bits per heavy atom. The monoisotopic (exact) mass is 294 g/mol. The molecule has 0 aliphatic carbocycles. The third-order valence-corrected chi connectivity index (χ3v) is 3.63. The number of hydrogen-bond acceptors (Lipinski definition) is 3. The molecule has 0 saturated carbocycles. The summed E-state index contributed by atoms with van der Waals surface area (Å²) in [6.45, 7) is 5.63. The largest absolute Gasteiger partial charge is 0.508 e. The molecule has 0 spiro atoms. The van der Waals surface area contributed by atoms with Crippen molar-refractivity contribution in [1.29, 1.82) is 0 Å². The minimum Gasteiger partial charge on any atom is -0.508 e. The normalized spacial score (nSPS) is 13.3. The summed E-state index contributed by atoms with van der Waals surface area (Å²) in [6, 6.07) is 5.98. The van der Waals surface area contributed by atoms with Crippen molar-refractivity contribution >= 4 is 17.7 Å². The molecular formula is C15H22N2O4. The number of urea groups is 1. The molecular weight excluding hydrogens is 272 g/mol. The average molecular weight is 294 g/mol. The Hall–Kier alpha value is -2.24. The minimum atomic E-state index is -0.992. The molecule has 1 rings (SSSR count). The zero-order chi connectivity index (χ0) is 16.0. The number of rotatable bonds is 6. The number of aliphatic carboxylic acids is 1. The molecule has 0 heterocycles. The van der Waals surface area contributed by atoms with E-state index in [1.165, 1.54) is 17.0 Å². The summed E-state index contributed by atoms with van der Waals surface area (Å²) in [5.74, 6) is -0.867. The van der Waals surface area contributed by atoms with E-state index in [1.54, 1.807) is 32.9 Å². The number of amides is 2. The molecule has 2 amide bonds. The fraction of sp³-hybridized carbons (Fsp3) is 0.467. The summed E-state index contributed by atoms with van der Waals surface area (Å²) in [5, 5.41) is 21.3. The van der Waals surface area contributed by atoms with Gasteiger partial charge in [-0.2, -0.15) is 0 Å². The Balaban J connectivity index is 2.79. The zero-order valence-electron chi connectivity index (χ0n) is 12.6. The van der Waals surface area contributed by atoms with Crippen molar-refractivity contribution in [3.63, 3.8) is 0 Å². The number of nitrogens with zero attached hydrogens (tertiary/aromatic N) is 1. The number of hydrogen-bond donors (Lipinski definition) is 3. The van der Waals surface area contributed by atoms with Gasteiger partial charge in [0, 0.05) is 24.8 Å². The number of carboxylic acids is 1. The minimum absolute atomic E-state index is 0.0486. The molecule has 1 atom stereocenters. The molecule has 1 aromatic carbocycles. The highest BCUT2D eigenvalue weighted by atomic mass is 16.4. The number of carbonyl (C=O) groups is 2. The summed E-state index contributed by atoms with van der Waals surface area (Å²) >= 11 is 0. The highest BCUT2D eigenvalue weighted by Gasteiger charge is 2.32. The van der Waals surface area contributed by atoms with Gasteiger partial charge in [-0.25, -0.2) is 4.79 Å². The Kier molecular flexibility index (Phi) is 5.58. The van der Waals surface area contributed by atoms with Gasteiger partial charge in [-0.05, 0) is 32.4 Å². The van der Waals surface area contributed by atoms with Gasteiger partial charge in [0.15, 0.2) is 0 Å². The Morgan fingerprint density at radius 3 is 2.48 bits per heavy atom.